The van der Waals surface area contributed by atoms with Gasteiger partial charge in [0, 0.05) is 23.1 Å². The van der Waals surface area contributed by atoms with Gasteiger partial charge in [0.15, 0.2) is 0 Å². The maximum Gasteiger partial charge on any atom is 0.254 e. The number of aryl methyl sites for hydroxylation is 2. The van der Waals surface area contributed by atoms with Gasteiger partial charge in [0.2, 0.25) is 0 Å². The molecular formula is C18H18BrNO. The van der Waals surface area contributed by atoms with Gasteiger partial charge in [0.05, 0.1) is 0 Å². The molecule has 0 atom stereocenters. The van der Waals surface area contributed by atoms with Crippen molar-refractivity contribution < 1.29 is 4.79 Å². The molecule has 3 heteroatoms. The SMILES string of the molecule is Cc1ccc(Br)cc1C(=O)N1CCCc2ccccc2C1. The summed E-state index contributed by atoms with van der Waals surface area (Å²) >= 11 is 3.46. The highest BCUT2D eigenvalue weighted by molar-refractivity contribution is 9.10. The number of fused-ring (bicyclic) bond motifs is 1. The van der Waals surface area contributed by atoms with Crippen LogP contribution in [0, 0.1) is 6.92 Å². The Bertz CT molecular complexity index is 681. The van der Waals surface area contributed by atoms with Gasteiger partial charge >= 0.3 is 0 Å². The number of hydrogen-bond donors (Lipinski definition) is 0. The van der Waals surface area contributed by atoms with Gasteiger partial charge in [-0.15, -0.1) is 0 Å². The zero-order valence-corrected chi connectivity index (χ0v) is 13.7. The lowest BCUT2D eigenvalue weighted by Crippen LogP contribution is -2.31. The van der Waals surface area contributed by atoms with Crippen LogP contribution in [0.3, 0.4) is 0 Å². The topological polar surface area (TPSA) is 20.3 Å². The van der Waals surface area contributed by atoms with Gasteiger partial charge in [0.25, 0.3) is 5.91 Å². The molecule has 2 nitrogen and oxygen atoms in total. The first-order chi connectivity index (χ1) is 10.1. The number of carbonyl (C=O) groups excluding carboxylic acids is 1. The minimum absolute atomic E-state index is 0.130. The van der Waals surface area contributed by atoms with Crippen molar-refractivity contribution in [2.75, 3.05) is 6.54 Å². The maximum absolute atomic E-state index is 12.8. The lowest BCUT2D eigenvalue weighted by Gasteiger charge is -2.22. The molecule has 3 rings (SSSR count). The molecule has 2 aromatic carbocycles. The van der Waals surface area contributed by atoms with Crippen molar-refractivity contribution in [2.45, 2.75) is 26.3 Å². The van der Waals surface area contributed by atoms with E-state index in [0.717, 1.165) is 35.0 Å². The molecule has 0 radical (unpaired) electrons. The Hall–Kier alpha value is -1.61. The lowest BCUT2D eigenvalue weighted by molar-refractivity contribution is 0.0745. The number of halogens is 1. The zero-order chi connectivity index (χ0) is 14.8. The molecule has 0 aliphatic carbocycles. The van der Waals surface area contributed by atoms with Crippen LogP contribution in [0.15, 0.2) is 46.9 Å². The fraction of sp³-hybridized carbons (Fsp3) is 0.278. The van der Waals surface area contributed by atoms with Crippen LogP contribution in [0.2, 0.25) is 0 Å². The highest BCUT2D eigenvalue weighted by Crippen LogP contribution is 2.22. The average molecular weight is 344 g/mol. The smallest absolute Gasteiger partial charge is 0.254 e. The van der Waals surface area contributed by atoms with E-state index in [9.17, 15) is 4.79 Å². The standard InChI is InChI=1S/C18H18BrNO/c1-13-8-9-16(19)11-17(13)18(21)20-10-4-7-14-5-2-3-6-15(14)12-20/h2-3,5-6,8-9,11H,4,7,10,12H2,1H3. The first-order valence-electron chi connectivity index (χ1n) is 7.27. The minimum atomic E-state index is 0.130. The van der Waals surface area contributed by atoms with E-state index >= 15 is 0 Å². The number of hydrogen-bond acceptors (Lipinski definition) is 1. The second-order valence-electron chi connectivity index (χ2n) is 5.56. The largest absolute Gasteiger partial charge is 0.334 e. The van der Waals surface area contributed by atoms with Crippen LogP contribution in [0.25, 0.3) is 0 Å². The van der Waals surface area contributed by atoms with E-state index in [1.54, 1.807) is 0 Å². The molecule has 1 aliphatic rings. The molecule has 1 aliphatic heterocycles. The molecule has 0 unspecified atom stereocenters. The monoisotopic (exact) mass is 343 g/mol. The molecule has 2 aromatic rings. The van der Waals surface area contributed by atoms with Gasteiger partial charge in [-0.25, -0.2) is 0 Å². The predicted molar refractivity (Wildman–Crippen MR) is 88.4 cm³/mol. The highest BCUT2D eigenvalue weighted by atomic mass is 79.9. The van der Waals surface area contributed by atoms with Crippen LogP contribution < -0.4 is 0 Å². The summed E-state index contributed by atoms with van der Waals surface area (Å²) in [4.78, 5) is 14.8. The fourth-order valence-electron chi connectivity index (χ4n) is 2.87. The summed E-state index contributed by atoms with van der Waals surface area (Å²) in [5.41, 5.74) is 4.47. The maximum atomic E-state index is 12.8. The van der Waals surface area contributed by atoms with Crippen molar-refractivity contribution in [1.82, 2.24) is 4.90 Å². The first kappa shape index (κ1) is 14.3. The van der Waals surface area contributed by atoms with E-state index in [2.05, 4.69) is 40.2 Å². The van der Waals surface area contributed by atoms with Gasteiger partial charge in [0.1, 0.15) is 0 Å². The van der Waals surface area contributed by atoms with Crippen LogP contribution in [0.4, 0.5) is 0 Å². The molecule has 0 spiro atoms. The Balaban J connectivity index is 1.90. The van der Waals surface area contributed by atoms with Gasteiger partial charge < -0.3 is 4.90 Å². The van der Waals surface area contributed by atoms with Gasteiger partial charge in [-0.05, 0) is 48.6 Å². The highest BCUT2D eigenvalue weighted by Gasteiger charge is 2.21. The van der Waals surface area contributed by atoms with Crippen molar-refractivity contribution in [1.29, 1.82) is 0 Å². The third-order valence-corrected chi connectivity index (χ3v) is 4.56. The summed E-state index contributed by atoms with van der Waals surface area (Å²) in [7, 11) is 0. The summed E-state index contributed by atoms with van der Waals surface area (Å²) in [6, 6.07) is 14.3. The normalized spacial score (nSPS) is 14.5. The van der Waals surface area contributed by atoms with E-state index in [4.69, 9.17) is 0 Å². The van der Waals surface area contributed by atoms with Crippen molar-refractivity contribution in [2.24, 2.45) is 0 Å². The Labute approximate surface area is 133 Å². The number of amides is 1. The Kier molecular flexibility index (Phi) is 4.11. The molecule has 1 heterocycles. The van der Waals surface area contributed by atoms with Crippen molar-refractivity contribution in [3.8, 4) is 0 Å². The second-order valence-corrected chi connectivity index (χ2v) is 6.47. The van der Waals surface area contributed by atoms with Crippen molar-refractivity contribution >= 4 is 21.8 Å². The molecule has 0 saturated heterocycles. The molecule has 0 N–H and O–H groups in total. The van der Waals surface area contributed by atoms with Gasteiger partial charge in [-0.3, -0.25) is 4.79 Å². The second kappa shape index (κ2) is 6.02. The number of rotatable bonds is 1. The molecule has 1 amide bonds. The average Bonchev–Trinajstić information content (AvgIpc) is 2.71. The summed E-state index contributed by atoms with van der Waals surface area (Å²) in [6.07, 6.45) is 2.08. The quantitative estimate of drug-likeness (QED) is 0.753. The van der Waals surface area contributed by atoms with Gasteiger partial charge in [-0.1, -0.05) is 46.3 Å². The van der Waals surface area contributed by atoms with E-state index in [0.29, 0.717) is 6.54 Å². The van der Waals surface area contributed by atoms with E-state index in [-0.39, 0.29) is 5.91 Å². The van der Waals surface area contributed by atoms with Crippen molar-refractivity contribution in [3.63, 3.8) is 0 Å². The molecule has 0 fully saturated rings. The Morgan fingerprint density at radius 2 is 1.90 bits per heavy atom. The summed E-state index contributed by atoms with van der Waals surface area (Å²) < 4.78 is 0.951. The molecule has 21 heavy (non-hydrogen) atoms. The number of carbonyl (C=O) groups is 1. The van der Waals surface area contributed by atoms with E-state index in [1.165, 1.54) is 11.1 Å². The van der Waals surface area contributed by atoms with Crippen LogP contribution in [0.1, 0.15) is 33.5 Å². The summed E-state index contributed by atoms with van der Waals surface area (Å²) in [5.74, 6) is 0.130. The first-order valence-corrected chi connectivity index (χ1v) is 8.06. The molecule has 0 aromatic heterocycles. The summed E-state index contributed by atoms with van der Waals surface area (Å²) in [6.45, 7) is 3.52. The molecule has 0 saturated carbocycles. The van der Waals surface area contributed by atoms with E-state index in [1.807, 2.05) is 30.0 Å². The van der Waals surface area contributed by atoms with Crippen LogP contribution in [-0.2, 0) is 13.0 Å². The number of benzene rings is 2. The minimum Gasteiger partial charge on any atom is -0.334 e. The van der Waals surface area contributed by atoms with Crippen molar-refractivity contribution in [3.05, 3.63) is 69.2 Å². The van der Waals surface area contributed by atoms with E-state index < -0.39 is 0 Å². The van der Waals surface area contributed by atoms with Gasteiger partial charge in [-0.2, -0.15) is 0 Å². The van der Waals surface area contributed by atoms with Crippen LogP contribution in [-0.4, -0.2) is 17.4 Å². The Morgan fingerprint density at radius 1 is 1.14 bits per heavy atom. The number of nitrogens with zero attached hydrogens (tertiary/aromatic N) is 1. The third kappa shape index (κ3) is 3.03. The third-order valence-electron chi connectivity index (χ3n) is 4.07. The molecular weight excluding hydrogens is 326 g/mol. The zero-order valence-electron chi connectivity index (χ0n) is 12.1. The Morgan fingerprint density at radius 3 is 2.71 bits per heavy atom. The molecule has 108 valence electrons. The molecule has 0 bridgehead atoms. The fourth-order valence-corrected chi connectivity index (χ4v) is 3.23. The lowest BCUT2D eigenvalue weighted by atomic mass is 10.0. The predicted octanol–water partition coefficient (Wildman–Crippen LogP) is 4.35. The summed E-state index contributed by atoms with van der Waals surface area (Å²) in [5, 5.41) is 0. The van der Waals surface area contributed by atoms with Crippen LogP contribution in [0.5, 0.6) is 0 Å². The van der Waals surface area contributed by atoms with Crippen LogP contribution >= 0.6 is 15.9 Å².